The van der Waals surface area contributed by atoms with E-state index >= 15 is 0 Å². The molecular weight excluding hydrogens is 530 g/mol. The van der Waals surface area contributed by atoms with Gasteiger partial charge in [-0.25, -0.2) is 4.79 Å². The van der Waals surface area contributed by atoms with Crippen LogP contribution in [0.2, 0.25) is 18.1 Å². The van der Waals surface area contributed by atoms with Crippen LogP contribution in [0.4, 0.5) is 4.79 Å². The summed E-state index contributed by atoms with van der Waals surface area (Å²) >= 11 is 0. The molecule has 9 nitrogen and oxygen atoms in total. The highest BCUT2D eigenvalue weighted by molar-refractivity contribution is 6.74. The second kappa shape index (κ2) is 11.1. The maximum Gasteiger partial charge on any atom is 0.413 e. The van der Waals surface area contributed by atoms with Gasteiger partial charge in [0.15, 0.2) is 19.8 Å². The number of carbonyl (C=O) groups is 1. The number of nitrogens with zero attached hydrogens (tertiary/aromatic N) is 1. The van der Waals surface area contributed by atoms with Crippen molar-refractivity contribution in [3.8, 4) is 5.75 Å². The van der Waals surface area contributed by atoms with Crippen LogP contribution in [-0.2, 0) is 31.0 Å². The number of benzene rings is 2. The zero-order valence-corrected chi connectivity index (χ0v) is 25.7. The molecule has 1 unspecified atom stereocenters. The van der Waals surface area contributed by atoms with E-state index in [1.807, 2.05) is 30.3 Å². The number of methoxy groups -OCH3 is 1. The molecule has 0 aromatic heterocycles. The van der Waals surface area contributed by atoms with Crippen LogP contribution in [0.5, 0.6) is 5.75 Å². The summed E-state index contributed by atoms with van der Waals surface area (Å²) in [5, 5.41) is 23.4. The minimum Gasteiger partial charge on any atom is -0.497 e. The normalized spacial score (nSPS) is 28.2. The summed E-state index contributed by atoms with van der Waals surface area (Å²) in [5.74, 6) is -0.611. The van der Waals surface area contributed by atoms with E-state index in [-0.39, 0.29) is 11.6 Å². The van der Waals surface area contributed by atoms with Crippen molar-refractivity contribution in [2.45, 2.75) is 95.2 Å². The summed E-state index contributed by atoms with van der Waals surface area (Å²) < 4.78 is 30.8. The molecule has 0 saturated carbocycles. The molecule has 4 rings (SSSR count). The van der Waals surface area contributed by atoms with Crippen molar-refractivity contribution in [2.75, 3.05) is 13.7 Å². The molecule has 0 radical (unpaired) electrons. The van der Waals surface area contributed by atoms with Crippen LogP contribution in [-0.4, -0.2) is 73.4 Å². The number of ether oxygens (including phenoxy) is 4. The van der Waals surface area contributed by atoms with E-state index < -0.39 is 56.9 Å². The highest BCUT2D eigenvalue weighted by Crippen LogP contribution is 2.50. The first kappa shape index (κ1) is 30.5. The van der Waals surface area contributed by atoms with Crippen molar-refractivity contribution in [1.29, 1.82) is 0 Å². The predicted molar refractivity (Wildman–Crippen MR) is 152 cm³/mol. The number of hydrogen-bond donors (Lipinski definition) is 2. The molecule has 40 heavy (non-hydrogen) atoms. The Morgan fingerprint density at radius 3 is 2.35 bits per heavy atom. The topological polar surface area (TPSA) is 107 Å². The Labute approximate surface area is 238 Å². The van der Waals surface area contributed by atoms with Crippen molar-refractivity contribution in [1.82, 2.24) is 4.90 Å². The van der Waals surface area contributed by atoms with Gasteiger partial charge in [-0.3, -0.25) is 4.90 Å². The van der Waals surface area contributed by atoms with Gasteiger partial charge in [0.05, 0.1) is 25.9 Å². The molecular formula is C30H43NO8Si. The largest absolute Gasteiger partial charge is 0.497 e. The van der Waals surface area contributed by atoms with Gasteiger partial charge in [-0.05, 0) is 49.7 Å². The fourth-order valence-electron chi connectivity index (χ4n) is 5.16. The Kier molecular flexibility index (Phi) is 8.44. The average Bonchev–Trinajstić information content (AvgIpc) is 3.24. The fourth-order valence-corrected chi connectivity index (χ4v) is 6.49. The first-order valence-electron chi connectivity index (χ1n) is 13.7. The number of rotatable bonds is 7. The molecule has 1 amide bonds. The summed E-state index contributed by atoms with van der Waals surface area (Å²) in [7, 11) is -0.935. The SMILES string of the molecule is COc1cccc(C2(O)[C@H]3OC(C)(C)O[C@H]3[C@H](O[Si](C)(C)C(C)(C)C)[C@@H](CO)N2C(=O)OCc2ccccc2)c1. The lowest BCUT2D eigenvalue weighted by Gasteiger charge is -2.55. The van der Waals surface area contributed by atoms with E-state index in [1.165, 1.54) is 12.0 Å². The van der Waals surface area contributed by atoms with Crippen LogP contribution in [0.15, 0.2) is 54.6 Å². The van der Waals surface area contributed by atoms with Crippen LogP contribution in [0.25, 0.3) is 0 Å². The van der Waals surface area contributed by atoms with Crippen LogP contribution < -0.4 is 4.74 Å². The molecule has 5 atom stereocenters. The summed E-state index contributed by atoms with van der Waals surface area (Å²) in [4.78, 5) is 15.2. The molecule has 2 fully saturated rings. The van der Waals surface area contributed by atoms with Gasteiger partial charge in [0.25, 0.3) is 0 Å². The number of fused-ring (bicyclic) bond motifs is 1. The molecule has 2 aromatic carbocycles. The monoisotopic (exact) mass is 573 g/mol. The van der Waals surface area contributed by atoms with E-state index in [4.69, 9.17) is 23.4 Å². The quantitative estimate of drug-likeness (QED) is 0.457. The van der Waals surface area contributed by atoms with Crippen LogP contribution >= 0.6 is 0 Å². The number of piperidine rings is 1. The smallest absolute Gasteiger partial charge is 0.413 e. The van der Waals surface area contributed by atoms with Crippen molar-refractivity contribution >= 4 is 14.4 Å². The number of carbonyl (C=O) groups excluding carboxylic acids is 1. The lowest BCUT2D eigenvalue weighted by Crippen LogP contribution is -2.74. The lowest BCUT2D eigenvalue weighted by molar-refractivity contribution is -0.248. The van der Waals surface area contributed by atoms with Gasteiger partial charge in [-0.15, -0.1) is 0 Å². The summed E-state index contributed by atoms with van der Waals surface area (Å²) in [6.07, 6.45) is -3.47. The molecule has 0 spiro atoms. The first-order chi connectivity index (χ1) is 18.6. The van der Waals surface area contributed by atoms with Gasteiger partial charge in [0.1, 0.15) is 24.6 Å². The van der Waals surface area contributed by atoms with Gasteiger partial charge in [0.2, 0.25) is 0 Å². The molecule has 2 aliphatic heterocycles. The van der Waals surface area contributed by atoms with Crippen molar-refractivity contribution in [2.24, 2.45) is 0 Å². The van der Waals surface area contributed by atoms with Crippen molar-refractivity contribution in [3.63, 3.8) is 0 Å². The molecule has 10 heteroatoms. The summed E-state index contributed by atoms with van der Waals surface area (Å²) in [6, 6.07) is 15.1. The van der Waals surface area contributed by atoms with E-state index in [0.29, 0.717) is 11.3 Å². The number of hydrogen-bond acceptors (Lipinski definition) is 8. The standard InChI is InChI=1S/C30H43NO8Si/c1-28(2,3)40(7,8)39-24-23(18-32)31(27(33)36-19-20-13-10-9-11-14-20)30(34,21-15-12-16-22(17-21)35-6)26-25(24)37-29(4,5)38-26/h9-17,23-26,32,34H,18-19H2,1-8H3/t23-,24-,25+,26+,30?/m1/s1. The average molecular weight is 574 g/mol. The molecule has 2 aromatic rings. The van der Waals surface area contributed by atoms with E-state index in [0.717, 1.165) is 5.56 Å². The Morgan fingerprint density at radius 1 is 1.07 bits per heavy atom. The highest BCUT2D eigenvalue weighted by atomic mass is 28.4. The molecule has 0 aliphatic carbocycles. The molecule has 220 valence electrons. The molecule has 2 aliphatic rings. The van der Waals surface area contributed by atoms with Gasteiger partial charge in [0, 0.05) is 5.56 Å². The molecule has 0 bridgehead atoms. The molecule has 2 N–H and O–H groups in total. The Balaban J connectivity index is 1.86. The minimum absolute atomic E-state index is 0.0206. The van der Waals surface area contributed by atoms with E-state index in [9.17, 15) is 15.0 Å². The number of likely N-dealkylation sites (tertiary alicyclic amines) is 1. The van der Waals surface area contributed by atoms with Crippen LogP contribution in [0.1, 0.15) is 45.7 Å². The van der Waals surface area contributed by atoms with E-state index in [1.54, 1.807) is 38.1 Å². The Morgan fingerprint density at radius 2 is 1.75 bits per heavy atom. The van der Waals surface area contributed by atoms with Crippen molar-refractivity contribution in [3.05, 3.63) is 65.7 Å². The second-order valence-electron chi connectivity index (χ2n) is 12.5. The fraction of sp³-hybridized carbons (Fsp3) is 0.567. The zero-order valence-electron chi connectivity index (χ0n) is 24.7. The third-order valence-electron chi connectivity index (χ3n) is 8.25. The number of aliphatic hydroxyl groups is 2. The first-order valence-corrected chi connectivity index (χ1v) is 16.6. The third-order valence-corrected chi connectivity index (χ3v) is 12.7. The van der Waals surface area contributed by atoms with Crippen molar-refractivity contribution < 1.29 is 38.4 Å². The molecule has 2 saturated heterocycles. The Hall–Kier alpha value is -2.47. The lowest BCUT2D eigenvalue weighted by atomic mass is 9.81. The summed E-state index contributed by atoms with van der Waals surface area (Å²) in [6.45, 7) is 13.5. The summed E-state index contributed by atoms with van der Waals surface area (Å²) in [5.41, 5.74) is -0.961. The van der Waals surface area contributed by atoms with Gasteiger partial charge >= 0.3 is 6.09 Å². The Bertz CT molecular complexity index is 1180. The maximum absolute atomic E-state index is 14.0. The second-order valence-corrected chi connectivity index (χ2v) is 17.2. The van der Waals surface area contributed by atoms with Crippen LogP contribution in [0, 0.1) is 0 Å². The number of aliphatic hydroxyl groups excluding tert-OH is 1. The molecule has 2 heterocycles. The predicted octanol–water partition coefficient (Wildman–Crippen LogP) is 4.76. The number of amides is 1. The van der Waals surface area contributed by atoms with E-state index in [2.05, 4.69) is 33.9 Å². The van der Waals surface area contributed by atoms with Gasteiger partial charge in [-0.2, -0.15) is 0 Å². The van der Waals surface area contributed by atoms with Gasteiger partial charge in [-0.1, -0.05) is 63.2 Å². The zero-order chi connectivity index (χ0) is 29.5. The third kappa shape index (κ3) is 5.66. The van der Waals surface area contributed by atoms with Gasteiger partial charge < -0.3 is 33.6 Å². The van der Waals surface area contributed by atoms with Crippen LogP contribution in [0.3, 0.4) is 0 Å². The maximum atomic E-state index is 14.0. The highest BCUT2D eigenvalue weighted by Gasteiger charge is 2.67. The minimum atomic E-state index is -2.46.